The van der Waals surface area contributed by atoms with Crippen LogP contribution in [-0.2, 0) is 14.4 Å². The maximum atomic E-state index is 12.0. The number of nitrogens with two attached hydrogens (primary N) is 1. The maximum absolute atomic E-state index is 12.0. The Morgan fingerprint density at radius 1 is 1.33 bits per heavy atom. The zero-order valence-electron chi connectivity index (χ0n) is 10.6. The summed E-state index contributed by atoms with van der Waals surface area (Å²) >= 11 is 0. The lowest BCUT2D eigenvalue weighted by molar-refractivity contribution is -0.139. The summed E-state index contributed by atoms with van der Waals surface area (Å²) in [5.41, 5.74) is 5.27. The van der Waals surface area contributed by atoms with Gasteiger partial charge in [0.2, 0.25) is 17.7 Å². The van der Waals surface area contributed by atoms with E-state index in [0.29, 0.717) is 32.5 Å². The standard InChI is InChI=1S/C12H19N3O3/c1-2-15-10(16)7-9(12(15)18)14-5-3-8(4-6-14)11(13)17/h8-9H,2-7H2,1H3,(H2,13,17)/t9-/m1/s1. The number of carbonyl (C=O) groups excluding carboxylic acids is 3. The second-order valence-electron chi connectivity index (χ2n) is 4.91. The first-order valence-corrected chi connectivity index (χ1v) is 6.42. The van der Waals surface area contributed by atoms with E-state index < -0.39 is 0 Å². The molecule has 2 aliphatic heterocycles. The van der Waals surface area contributed by atoms with Gasteiger partial charge in [-0.05, 0) is 32.9 Å². The van der Waals surface area contributed by atoms with Crippen LogP contribution in [0, 0.1) is 5.92 Å². The van der Waals surface area contributed by atoms with Crippen LogP contribution in [0.4, 0.5) is 0 Å². The van der Waals surface area contributed by atoms with Crippen LogP contribution in [0.3, 0.4) is 0 Å². The first kappa shape index (κ1) is 13.0. The van der Waals surface area contributed by atoms with E-state index in [-0.39, 0.29) is 36.1 Å². The molecule has 2 N–H and O–H groups in total. The highest BCUT2D eigenvalue weighted by Gasteiger charge is 2.42. The van der Waals surface area contributed by atoms with E-state index in [1.807, 2.05) is 4.90 Å². The molecule has 2 fully saturated rings. The van der Waals surface area contributed by atoms with Gasteiger partial charge in [-0.15, -0.1) is 0 Å². The van der Waals surface area contributed by atoms with Crippen molar-refractivity contribution in [3.63, 3.8) is 0 Å². The number of hydrogen-bond acceptors (Lipinski definition) is 4. The number of amides is 3. The molecule has 2 aliphatic rings. The number of rotatable bonds is 3. The summed E-state index contributed by atoms with van der Waals surface area (Å²) in [4.78, 5) is 38.1. The molecule has 1 atom stereocenters. The SMILES string of the molecule is CCN1C(=O)C[C@@H](N2CCC(C(N)=O)CC2)C1=O. The van der Waals surface area contributed by atoms with E-state index in [9.17, 15) is 14.4 Å². The number of carbonyl (C=O) groups is 3. The quantitative estimate of drug-likeness (QED) is 0.676. The summed E-state index contributed by atoms with van der Waals surface area (Å²) in [5.74, 6) is -0.543. The topological polar surface area (TPSA) is 83.7 Å². The Morgan fingerprint density at radius 2 is 1.94 bits per heavy atom. The van der Waals surface area contributed by atoms with Crippen LogP contribution in [0.5, 0.6) is 0 Å². The molecular weight excluding hydrogens is 234 g/mol. The summed E-state index contributed by atoms with van der Waals surface area (Å²) in [7, 11) is 0. The third-order valence-corrected chi connectivity index (χ3v) is 3.91. The minimum Gasteiger partial charge on any atom is -0.369 e. The van der Waals surface area contributed by atoms with Crippen molar-refractivity contribution < 1.29 is 14.4 Å². The van der Waals surface area contributed by atoms with Crippen molar-refractivity contribution >= 4 is 17.7 Å². The van der Waals surface area contributed by atoms with Crippen molar-refractivity contribution in [3.05, 3.63) is 0 Å². The van der Waals surface area contributed by atoms with Crippen LogP contribution >= 0.6 is 0 Å². The molecule has 2 heterocycles. The van der Waals surface area contributed by atoms with Crippen molar-refractivity contribution in [1.82, 2.24) is 9.80 Å². The van der Waals surface area contributed by atoms with Crippen molar-refractivity contribution in [2.75, 3.05) is 19.6 Å². The third-order valence-electron chi connectivity index (χ3n) is 3.91. The lowest BCUT2D eigenvalue weighted by Gasteiger charge is -2.33. The highest BCUT2D eigenvalue weighted by Crippen LogP contribution is 2.24. The minimum absolute atomic E-state index is 0.0873. The van der Waals surface area contributed by atoms with Gasteiger partial charge in [-0.3, -0.25) is 24.2 Å². The van der Waals surface area contributed by atoms with Crippen LogP contribution in [0.15, 0.2) is 0 Å². The zero-order chi connectivity index (χ0) is 13.3. The number of imide groups is 1. The lowest BCUT2D eigenvalue weighted by Crippen LogP contribution is -2.47. The Balaban J connectivity index is 1.97. The molecule has 0 aromatic rings. The van der Waals surface area contributed by atoms with Crippen LogP contribution in [0.25, 0.3) is 0 Å². The van der Waals surface area contributed by atoms with Crippen LogP contribution in [0.2, 0.25) is 0 Å². The molecule has 0 aromatic carbocycles. The molecule has 0 aliphatic carbocycles. The van der Waals surface area contributed by atoms with Gasteiger partial charge in [0, 0.05) is 12.5 Å². The van der Waals surface area contributed by atoms with Gasteiger partial charge in [-0.25, -0.2) is 0 Å². The van der Waals surface area contributed by atoms with E-state index in [4.69, 9.17) is 5.73 Å². The molecular formula is C12H19N3O3. The monoisotopic (exact) mass is 253 g/mol. The summed E-state index contributed by atoms with van der Waals surface area (Å²) in [5, 5.41) is 0. The van der Waals surface area contributed by atoms with Gasteiger partial charge in [0.05, 0.1) is 12.5 Å². The number of likely N-dealkylation sites (tertiary alicyclic amines) is 2. The molecule has 6 nitrogen and oxygen atoms in total. The molecule has 0 radical (unpaired) electrons. The Morgan fingerprint density at radius 3 is 2.39 bits per heavy atom. The predicted octanol–water partition coefficient (Wildman–Crippen LogP) is -0.669. The van der Waals surface area contributed by atoms with Gasteiger partial charge in [0.1, 0.15) is 0 Å². The van der Waals surface area contributed by atoms with Crippen LogP contribution in [0.1, 0.15) is 26.2 Å². The summed E-state index contributed by atoms with van der Waals surface area (Å²) in [6.07, 6.45) is 1.63. The maximum Gasteiger partial charge on any atom is 0.247 e. The van der Waals surface area contributed by atoms with Gasteiger partial charge in [-0.1, -0.05) is 0 Å². The Bertz CT molecular complexity index is 375. The average Bonchev–Trinajstić information content (AvgIpc) is 2.64. The second-order valence-corrected chi connectivity index (χ2v) is 4.91. The minimum atomic E-state index is -0.328. The van der Waals surface area contributed by atoms with E-state index >= 15 is 0 Å². The fourth-order valence-corrected chi connectivity index (χ4v) is 2.78. The molecule has 18 heavy (non-hydrogen) atoms. The number of nitrogens with zero attached hydrogens (tertiary/aromatic N) is 2. The summed E-state index contributed by atoms with van der Waals surface area (Å²) < 4.78 is 0. The third kappa shape index (κ3) is 2.25. The Kier molecular flexibility index (Phi) is 3.65. The van der Waals surface area contributed by atoms with Gasteiger partial charge >= 0.3 is 0 Å². The van der Waals surface area contributed by atoms with E-state index in [2.05, 4.69) is 0 Å². The highest BCUT2D eigenvalue weighted by molar-refractivity contribution is 6.05. The first-order valence-electron chi connectivity index (χ1n) is 6.42. The van der Waals surface area contributed by atoms with E-state index in [1.165, 1.54) is 4.90 Å². The largest absolute Gasteiger partial charge is 0.369 e. The molecule has 0 unspecified atom stereocenters. The molecule has 100 valence electrons. The number of piperidine rings is 1. The van der Waals surface area contributed by atoms with Crippen molar-refractivity contribution in [2.24, 2.45) is 11.7 Å². The summed E-state index contributed by atoms with van der Waals surface area (Å²) in [6, 6.07) is -0.328. The molecule has 0 aromatic heterocycles. The molecule has 0 saturated carbocycles. The number of primary amides is 1. The van der Waals surface area contributed by atoms with Gasteiger partial charge in [-0.2, -0.15) is 0 Å². The molecule has 2 rings (SSSR count). The molecule has 2 saturated heterocycles. The van der Waals surface area contributed by atoms with Gasteiger partial charge in [0.15, 0.2) is 0 Å². The Hall–Kier alpha value is -1.43. The van der Waals surface area contributed by atoms with Crippen molar-refractivity contribution in [2.45, 2.75) is 32.2 Å². The fraction of sp³-hybridized carbons (Fsp3) is 0.750. The number of hydrogen-bond donors (Lipinski definition) is 1. The normalized spacial score (nSPS) is 26.9. The molecule has 3 amide bonds. The Labute approximate surface area is 106 Å². The first-order chi connectivity index (χ1) is 8.54. The molecule has 6 heteroatoms. The van der Waals surface area contributed by atoms with E-state index in [1.54, 1.807) is 6.92 Å². The van der Waals surface area contributed by atoms with Gasteiger partial charge in [0.25, 0.3) is 0 Å². The van der Waals surface area contributed by atoms with E-state index in [0.717, 1.165) is 0 Å². The average molecular weight is 253 g/mol. The lowest BCUT2D eigenvalue weighted by atomic mass is 9.95. The van der Waals surface area contributed by atoms with Gasteiger partial charge < -0.3 is 5.73 Å². The smallest absolute Gasteiger partial charge is 0.247 e. The van der Waals surface area contributed by atoms with Crippen LogP contribution in [-0.4, -0.2) is 53.2 Å². The second kappa shape index (κ2) is 5.06. The van der Waals surface area contributed by atoms with Crippen molar-refractivity contribution in [3.8, 4) is 0 Å². The van der Waals surface area contributed by atoms with Crippen LogP contribution < -0.4 is 5.73 Å². The molecule has 0 bridgehead atoms. The zero-order valence-corrected chi connectivity index (χ0v) is 10.6. The predicted molar refractivity (Wildman–Crippen MR) is 64.3 cm³/mol. The highest BCUT2D eigenvalue weighted by atomic mass is 16.2. The molecule has 0 spiro atoms. The number of likely N-dealkylation sites (N-methyl/N-ethyl adjacent to an activating group) is 1. The van der Waals surface area contributed by atoms with Crippen molar-refractivity contribution in [1.29, 1.82) is 0 Å². The summed E-state index contributed by atoms with van der Waals surface area (Å²) in [6.45, 7) is 3.56. The fourth-order valence-electron chi connectivity index (χ4n) is 2.78.